The second kappa shape index (κ2) is 9.73. The van der Waals surface area contributed by atoms with Crippen LogP contribution in [-0.4, -0.2) is 62.1 Å². The molecule has 1 fully saturated rings. The van der Waals surface area contributed by atoms with Gasteiger partial charge in [0.2, 0.25) is 5.91 Å². The van der Waals surface area contributed by atoms with Gasteiger partial charge in [-0.05, 0) is 31.4 Å². The van der Waals surface area contributed by atoms with Crippen molar-refractivity contribution >= 4 is 41.5 Å². The van der Waals surface area contributed by atoms with E-state index in [2.05, 4.69) is 41.3 Å². The molecule has 150 valence electrons. The summed E-state index contributed by atoms with van der Waals surface area (Å²) in [6.07, 6.45) is 0.508. The number of rotatable bonds is 5. The Morgan fingerprint density at radius 1 is 1.30 bits per heavy atom. The maximum Gasteiger partial charge on any atom is 0.231 e. The van der Waals surface area contributed by atoms with Crippen LogP contribution in [0.2, 0.25) is 0 Å². The number of halogens is 1. The summed E-state index contributed by atoms with van der Waals surface area (Å²) in [5, 5.41) is 6.92. The van der Waals surface area contributed by atoms with Crippen LogP contribution in [0.1, 0.15) is 26.3 Å². The highest BCUT2D eigenvalue weighted by Gasteiger charge is 2.31. The third-order valence-corrected chi connectivity index (χ3v) is 5.47. The average molecular weight is 485 g/mol. The molecule has 1 aromatic rings. The molecule has 0 bridgehead atoms. The molecule has 2 aliphatic heterocycles. The third kappa shape index (κ3) is 5.13. The van der Waals surface area contributed by atoms with Crippen molar-refractivity contribution in [2.75, 3.05) is 38.1 Å². The van der Waals surface area contributed by atoms with Gasteiger partial charge in [0.25, 0.3) is 0 Å². The molecule has 27 heavy (non-hydrogen) atoms. The van der Waals surface area contributed by atoms with Crippen LogP contribution in [-0.2, 0) is 11.2 Å². The molecule has 3 rings (SSSR count). The van der Waals surface area contributed by atoms with E-state index < -0.39 is 0 Å². The normalized spacial score (nSPS) is 22.8. The number of guanidine groups is 1. The molecule has 1 amide bonds. The summed E-state index contributed by atoms with van der Waals surface area (Å²) < 4.78 is 0. The van der Waals surface area contributed by atoms with Crippen LogP contribution in [0.4, 0.5) is 5.69 Å². The van der Waals surface area contributed by atoms with Crippen LogP contribution in [0.3, 0.4) is 0 Å². The number of likely N-dealkylation sites (tertiary alicyclic amines) is 1. The first-order valence-corrected chi connectivity index (χ1v) is 9.59. The topological polar surface area (TPSA) is 60.0 Å². The van der Waals surface area contributed by atoms with E-state index in [9.17, 15) is 4.79 Å². The van der Waals surface area contributed by atoms with Gasteiger partial charge in [0.05, 0.1) is 6.42 Å². The number of aliphatic imine (C=N–C) groups is 1. The van der Waals surface area contributed by atoms with Gasteiger partial charge < -0.3 is 15.5 Å². The molecule has 0 saturated carbocycles. The molecule has 2 unspecified atom stereocenters. The second-order valence-electron chi connectivity index (χ2n) is 7.63. The first kappa shape index (κ1) is 21.9. The summed E-state index contributed by atoms with van der Waals surface area (Å²) in [5.74, 6) is 1.57. The Bertz CT molecular complexity index is 678. The lowest BCUT2D eigenvalue weighted by Crippen LogP contribution is -2.48. The van der Waals surface area contributed by atoms with Crippen molar-refractivity contribution in [2.24, 2.45) is 10.9 Å². The zero-order chi connectivity index (χ0) is 18.7. The van der Waals surface area contributed by atoms with E-state index in [4.69, 9.17) is 0 Å². The van der Waals surface area contributed by atoms with E-state index in [1.54, 1.807) is 7.05 Å². The molecule has 6 nitrogen and oxygen atoms in total. The first-order chi connectivity index (χ1) is 12.5. The van der Waals surface area contributed by atoms with Gasteiger partial charge in [0.15, 0.2) is 5.96 Å². The molecule has 0 aliphatic carbocycles. The molecule has 0 spiro atoms. The number of para-hydroxylation sites is 1. The minimum atomic E-state index is 0. The second-order valence-corrected chi connectivity index (χ2v) is 7.63. The van der Waals surface area contributed by atoms with E-state index >= 15 is 0 Å². The maximum absolute atomic E-state index is 12.2. The zero-order valence-corrected chi connectivity index (χ0v) is 19.1. The molecule has 7 heteroatoms. The van der Waals surface area contributed by atoms with Gasteiger partial charge in [-0.2, -0.15) is 0 Å². The van der Waals surface area contributed by atoms with Crippen LogP contribution in [0.5, 0.6) is 0 Å². The van der Waals surface area contributed by atoms with Crippen LogP contribution in [0.25, 0.3) is 0 Å². The van der Waals surface area contributed by atoms with Crippen molar-refractivity contribution in [1.82, 2.24) is 15.5 Å². The van der Waals surface area contributed by atoms with E-state index in [1.165, 1.54) is 0 Å². The number of nitrogens with one attached hydrogen (secondary N) is 2. The van der Waals surface area contributed by atoms with Gasteiger partial charge in [0.1, 0.15) is 0 Å². The smallest absolute Gasteiger partial charge is 0.231 e. The number of carbonyl (C=O) groups excluding carboxylic acids is 1. The Kier molecular flexibility index (Phi) is 7.91. The fourth-order valence-corrected chi connectivity index (χ4v) is 3.83. The minimum Gasteiger partial charge on any atom is -0.355 e. The van der Waals surface area contributed by atoms with Crippen LogP contribution >= 0.6 is 24.0 Å². The molecule has 1 aromatic carbocycles. The summed E-state index contributed by atoms with van der Waals surface area (Å²) in [5.41, 5.74) is 2.16. The Morgan fingerprint density at radius 2 is 2.04 bits per heavy atom. The van der Waals surface area contributed by atoms with Crippen molar-refractivity contribution in [2.45, 2.75) is 39.3 Å². The van der Waals surface area contributed by atoms with Crippen molar-refractivity contribution < 1.29 is 4.79 Å². The van der Waals surface area contributed by atoms with Crippen LogP contribution in [0.15, 0.2) is 29.3 Å². The lowest BCUT2D eigenvalue weighted by molar-refractivity contribution is -0.117. The highest BCUT2D eigenvalue weighted by molar-refractivity contribution is 14.0. The highest BCUT2D eigenvalue weighted by Crippen LogP contribution is 2.27. The van der Waals surface area contributed by atoms with Gasteiger partial charge >= 0.3 is 0 Å². The third-order valence-electron chi connectivity index (χ3n) is 5.47. The number of hydrogen-bond acceptors (Lipinski definition) is 3. The number of fused-ring (bicyclic) bond motifs is 1. The number of carbonyl (C=O) groups is 1. The molecule has 2 N–H and O–H groups in total. The molecular weight excluding hydrogens is 453 g/mol. The molecule has 2 aliphatic rings. The van der Waals surface area contributed by atoms with E-state index in [1.807, 2.05) is 29.2 Å². The van der Waals surface area contributed by atoms with E-state index in [0.29, 0.717) is 37.5 Å². The predicted molar refractivity (Wildman–Crippen MR) is 122 cm³/mol. The standard InChI is InChI=1S/C20H31N5O.HI/c1-14(2)24-12-15(3)17(13-24)23-20(21-4)22-9-10-25-18-8-6-5-7-16(18)11-19(25)26;/h5-8,14-15,17H,9-13H2,1-4H3,(H2,21,22,23);1H. The highest BCUT2D eigenvalue weighted by atomic mass is 127. The number of hydrogen-bond donors (Lipinski definition) is 2. The minimum absolute atomic E-state index is 0. The summed E-state index contributed by atoms with van der Waals surface area (Å²) >= 11 is 0. The fourth-order valence-electron chi connectivity index (χ4n) is 3.83. The number of amides is 1. The van der Waals surface area contributed by atoms with Crippen molar-refractivity contribution in [1.29, 1.82) is 0 Å². The molecule has 2 atom stereocenters. The monoisotopic (exact) mass is 485 g/mol. The Labute approximate surface area is 179 Å². The zero-order valence-electron chi connectivity index (χ0n) is 16.7. The number of benzene rings is 1. The van der Waals surface area contributed by atoms with Gasteiger partial charge in [-0.1, -0.05) is 25.1 Å². The van der Waals surface area contributed by atoms with Crippen molar-refractivity contribution in [3.05, 3.63) is 29.8 Å². The van der Waals surface area contributed by atoms with Gasteiger partial charge in [-0.3, -0.25) is 14.7 Å². The first-order valence-electron chi connectivity index (χ1n) is 9.59. The molecular formula is C20H32IN5O. The molecule has 1 saturated heterocycles. The Hall–Kier alpha value is -1.35. The summed E-state index contributed by atoms with van der Waals surface area (Å²) in [4.78, 5) is 21.0. The Morgan fingerprint density at radius 3 is 2.70 bits per heavy atom. The van der Waals surface area contributed by atoms with Gasteiger partial charge in [-0.25, -0.2) is 0 Å². The average Bonchev–Trinajstić information content (AvgIpc) is 3.14. The molecule has 2 heterocycles. The summed E-state index contributed by atoms with van der Waals surface area (Å²) in [6, 6.07) is 9.00. The van der Waals surface area contributed by atoms with Crippen molar-refractivity contribution in [3.8, 4) is 0 Å². The Balaban J connectivity index is 0.00000261. The quantitative estimate of drug-likeness (QED) is 0.381. The SMILES string of the molecule is CN=C(NCCN1C(=O)Cc2ccccc21)NC1CN(C(C)C)CC1C.I. The van der Waals surface area contributed by atoms with Gasteiger partial charge in [-0.15, -0.1) is 24.0 Å². The molecule has 0 radical (unpaired) electrons. The number of anilines is 1. The van der Waals surface area contributed by atoms with Crippen LogP contribution < -0.4 is 15.5 Å². The number of nitrogens with zero attached hydrogens (tertiary/aromatic N) is 3. The van der Waals surface area contributed by atoms with E-state index in [-0.39, 0.29) is 29.9 Å². The summed E-state index contributed by atoms with van der Waals surface area (Å²) in [6.45, 7) is 10.2. The van der Waals surface area contributed by atoms with E-state index in [0.717, 1.165) is 30.3 Å². The molecule has 0 aromatic heterocycles. The fraction of sp³-hybridized carbons (Fsp3) is 0.600. The van der Waals surface area contributed by atoms with Crippen molar-refractivity contribution in [3.63, 3.8) is 0 Å². The summed E-state index contributed by atoms with van der Waals surface area (Å²) in [7, 11) is 1.80. The largest absolute Gasteiger partial charge is 0.355 e. The lowest BCUT2D eigenvalue weighted by Gasteiger charge is -2.23. The van der Waals surface area contributed by atoms with Gasteiger partial charge in [0, 0.05) is 51.0 Å². The predicted octanol–water partition coefficient (Wildman–Crippen LogP) is 2.09. The maximum atomic E-state index is 12.2. The van der Waals surface area contributed by atoms with Crippen LogP contribution in [0, 0.1) is 5.92 Å². The lowest BCUT2D eigenvalue weighted by atomic mass is 10.1.